The van der Waals surface area contributed by atoms with Crippen LogP contribution in [0.5, 0.6) is 0 Å². The molecule has 0 radical (unpaired) electrons. The van der Waals surface area contributed by atoms with Crippen LogP contribution in [0, 0.1) is 0 Å². The molecule has 15 heavy (non-hydrogen) atoms. The summed E-state index contributed by atoms with van der Waals surface area (Å²) in [4.78, 5) is 18.8. The first-order valence-electron chi connectivity index (χ1n) is 4.82. The Morgan fingerprint density at radius 1 is 1.60 bits per heavy atom. The van der Waals surface area contributed by atoms with Gasteiger partial charge in [0.1, 0.15) is 0 Å². The van der Waals surface area contributed by atoms with E-state index in [-0.39, 0.29) is 12.0 Å². The van der Waals surface area contributed by atoms with Crippen LogP contribution in [0.1, 0.15) is 17.7 Å². The molecule has 6 heteroatoms. The van der Waals surface area contributed by atoms with Crippen molar-refractivity contribution >= 4 is 12.0 Å². The highest BCUT2D eigenvalue weighted by atomic mass is 16.2. The second-order valence-electron chi connectivity index (χ2n) is 3.66. The molecule has 0 bridgehead atoms. The molecule has 1 heterocycles. The second kappa shape index (κ2) is 3.82. The van der Waals surface area contributed by atoms with Gasteiger partial charge in [-0.2, -0.15) is 0 Å². The van der Waals surface area contributed by atoms with Crippen LogP contribution in [0.15, 0.2) is 6.20 Å². The lowest BCUT2D eigenvalue weighted by Gasteiger charge is -2.20. The van der Waals surface area contributed by atoms with Gasteiger partial charge in [-0.25, -0.2) is 14.8 Å². The third-order valence-electron chi connectivity index (χ3n) is 2.42. The van der Waals surface area contributed by atoms with Crippen molar-refractivity contribution in [2.75, 3.05) is 5.32 Å². The van der Waals surface area contributed by atoms with Crippen LogP contribution in [0.2, 0.25) is 0 Å². The summed E-state index contributed by atoms with van der Waals surface area (Å²) in [6.45, 7) is 0. The second-order valence-corrected chi connectivity index (χ2v) is 3.66. The van der Waals surface area contributed by atoms with Crippen LogP contribution in [0.25, 0.3) is 0 Å². The number of aryl methyl sites for hydroxylation is 1. The summed E-state index contributed by atoms with van der Waals surface area (Å²) in [5.74, 6) is 0.261. The van der Waals surface area contributed by atoms with E-state index in [0.717, 1.165) is 30.5 Å². The monoisotopic (exact) mass is 207 g/mol. The lowest BCUT2D eigenvalue weighted by molar-refractivity contribution is 0.259. The highest BCUT2D eigenvalue weighted by Crippen LogP contribution is 2.18. The Labute approximate surface area is 87.1 Å². The molecule has 2 rings (SSSR count). The van der Waals surface area contributed by atoms with Gasteiger partial charge < -0.3 is 11.5 Å². The zero-order valence-corrected chi connectivity index (χ0v) is 8.23. The number of fused-ring (bicyclic) bond motifs is 1. The number of primary amides is 1. The van der Waals surface area contributed by atoms with Crippen molar-refractivity contribution in [2.24, 2.45) is 11.5 Å². The maximum Gasteiger partial charge on any atom is 0.319 e. The predicted molar refractivity (Wildman–Crippen MR) is 55.2 cm³/mol. The number of nitrogens with one attached hydrogen (secondary N) is 1. The van der Waals surface area contributed by atoms with Gasteiger partial charge in [-0.15, -0.1) is 0 Å². The Morgan fingerprint density at radius 2 is 2.40 bits per heavy atom. The van der Waals surface area contributed by atoms with Crippen LogP contribution < -0.4 is 16.8 Å². The Hall–Kier alpha value is -1.69. The summed E-state index contributed by atoms with van der Waals surface area (Å²) in [7, 11) is 0. The Kier molecular flexibility index (Phi) is 2.51. The van der Waals surface area contributed by atoms with Gasteiger partial charge in [-0.1, -0.05) is 0 Å². The molecule has 80 valence electrons. The first-order valence-corrected chi connectivity index (χ1v) is 4.82. The number of nitrogens with zero attached hydrogens (tertiary/aromatic N) is 2. The van der Waals surface area contributed by atoms with E-state index in [4.69, 9.17) is 11.5 Å². The quantitative estimate of drug-likeness (QED) is 0.591. The van der Waals surface area contributed by atoms with Gasteiger partial charge in [0.25, 0.3) is 0 Å². The Balaban J connectivity index is 2.23. The lowest BCUT2D eigenvalue weighted by atomic mass is 9.94. The number of carbonyl (C=O) groups excluding carboxylic acids is 1. The van der Waals surface area contributed by atoms with Gasteiger partial charge in [0, 0.05) is 17.9 Å². The maximum atomic E-state index is 10.6. The standard InChI is InChI=1S/C9H13N5O/c10-6-1-2-7-5(3-6)4-12-9(13-7)14-8(11)15/h4,6H,1-3,10H2,(H3,11,12,13,14,15)/t6-/m1/s1. The fourth-order valence-electron chi connectivity index (χ4n) is 1.71. The lowest BCUT2D eigenvalue weighted by Crippen LogP contribution is -2.29. The average Bonchev–Trinajstić information content (AvgIpc) is 2.17. The summed E-state index contributed by atoms with van der Waals surface area (Å²) >= 11 is 0. The molecule has 2 amide bonds. The van der Waals surface area contributed by atoms with Gasteiger partial charge in [0.2, 0.25) is 5.95 Å². The molecule has 1 aromatic rings. The van der Waals surface area contributed by atoms with Gasteiger partial charge >= 0.3 is 6.03 Å². The van der Waals surface area contributed by atoms with Crippen LogP contribution in [0.3, 0.4) is 0 Å². The minimum Gasteiger partial charge on any atom is -0.351 e. The molecule has 0 saturated heterocycles. The molecule has 0 unspecified atom stereocenters. The van der Waals surface area contributed by atoms with Crippen LogP contribution in [0.4, 0.5) is 10.7 Å². The number of rotatable bonds is 1. The minimum absolute atomic E-state index is 0.191. The van der Waals surface area contributed by atoms with Gasteiger partial charge in [-0.3, -0.25) is 5.32 Å². The summed E-state index contributed by atoms with van der Waals surface area (Å²) < 4.78 is 0. The fraction of sp³-hybridized carbons (Fsp3) is 0.444. The molecular formula is C9H13N5O. The molecule has 1 atom stereocenters. The maximum absolute atomic E-state index is 10.6. The Bertz CT molecular complexity index is 392. The van der Waals surface area contributed by atoms with E-state index in [1.807, 2.05) is 0 Å². The first-order chi connectivity index (χ1) is 7.15. The van der Waals surface area contributed by atoms with E-state index in [1.165, 1.54) is 0 Å². The van der Waals surface area contributed by atoms with E-state index in [9.17, 15) is 4.79 Å². The topological polar surface area (TPSA) is 107 Å². The molecule has 1 aliphatic carbocycles. The number of hydrogen-bond acceptors (Lipinski definition) is 4. The SMILES string of the molecule is NC(=O)Nc1ncc2c(n1)CC[C@@H](N)C2. The van der Waals surface area contributed by atoms with Crippen molar-refractivity contribution in [3.8, 4) is 0 Å². The number of nitrogens with two attached hydrogens (primary N) is 2. The molecule has 0 aromatic carbocycles. The summed E-state index contributed by atoms with van der Waals surface area (Å²) in [6.07, 6.45) is 4.24. The number of urea groups is 1. The van der Waals surface area contributed by atoms with Crippen molar-refractivity contribution in [1.82, 2.24) is 9.97 Å². The molecule has 0 aliphatic heterocycles. The molecule has 1 aromatic heterocycles. The molecule has 0 spiro atoms. The van der Waals surface area contributed by atoms with Gasteiger partial charge in [0.15, 0.2) is 0 Å². The number of anilines is 1. The fourth-order valence-corrected chi connectivity index (χ4v) is 1.71. The summed E-state index contributed by atoms with van der Waals surface area (Å²) in [6, 6.07) is -0.460. The van der Waals surface area contributed by atoms with E-state index in [0.29, 0.717) is 0 Å². The average molecular weight is 207 g/mol. The largest absolute Gasteiger partial charge is 0.351 e. The third kappa shape index (κ3) is 2.21. The van der Waals surface area contributed by atoms with E-state index < -0.39 is 6.03 Å². The molecule has 6 nitrogen and oxygen atoms in total. The normalized spacial score (nSPS) is 19.4. The van der Waals surface area contributed by atoms with E-state index in [1.54, 1.807) is 6.20 Å². The number of hydrogen-bond donors (Lipinski definition) is 3. The zero-order chi connectivity index (χ0) is 10.8. The minimum atomic E-state index is -0.650. The van der Waals surface area contributed by atoms with Crippen LogP contribution in [-0.4, -0.2) is 22.0 Å². The predicted octanol–water partition coefficient (Wildman–Crippen LogP) is -0.217. The summed E-state index contributed by atoms with van der Waals surface area (Å²) in [5, 5.41) is 2.35. The molecular weight excluding hydrogens is 194 g/mol. The first kappa shape index (κ1) is 9.85. The Morgan fingerprint density at radius 3 is 3.13 bits per heavy atom. The van der Waals surface area contributed by atoms with Crippen LogP contribution in [-0.2, 0) is 12.8 Å². The summed E-state index contributed by atoms with van der Waals surface area (Å²) in [5.41, 5.74) is 12.8. The molecule has 1 aliphatic rings. The smallest absolute Gasteiger partial charge is 0.319 e. The highest BCUT2D eigenvalue weighted by molar-refractivity contribution is 5.85. The van der Waals surface area contributed by atoms with Crippen molar-refractivity contribution in [1.29, 1.82) is 0 Å². The number of amides is 2. The number of carbonyl (C=O) groups is 1. The third-order valence-corrected chi connectivity index (χ3v) is 2.42. The van der Waals surface area contributed by atoms with Crippen LogP contribution >= 0.6 is 0 Å². The van der Waals surface area contributed by atoms with Crippen molar-refractivity contribution in [3.63, 3.8) is 0 Å². The molecule has 0 fully saturated rings. The van der Waals surface area contributed by atoms with Gasteiger partial charge in [0.05, 0.1) is 0 Å². The number of aromatic nitrogens is 2. The van der Waals surface area contributed by atoms with E-state index in [2.05, 4.69) is 15.3 Å². The van der Waals surface area contributed by atoms with Crippen molar-refractivity contribution in [3.05, 3.63) is 17.5 Å². The highest BCUT2D eigenvalue weighted by Gasteiger charge is 2.17. The van der Waals surface area contributed by atoms with Gasteiger partial charge in [-0.05, 0) is 24.8 Å². The molecule has 0 saturated carbocycles. The molecule has 5 N–H and O–H groups in total. The zero-order valence-electron chi connectivity index (χ0n) is 8.23. The van der Waals surface area contributed by atoms with E-state index >= 15 is 0 Å². The van der Waals surface area contributed by atoms with Crippen molar-refractivity contribution in [2.45, 2.75) is 25.3 Å². The van der Waals surface area contributed by atoms with Crippen molar-refractivity contribution < 1.29 is 4.79 Å².